The molecule has 0 amide bonds. The van der Waals surface area contributed by atoms with Crippen LogP contribution in [0, 0.1) is 10.1 Å². The van der Waals surface area contributed by atoms with Gasteiger partial charge in [-0.1, -0.05) is 0 Å². The van der Waals surface area contributed by atoms with Crippen LogP contribution in [-0.4, -0.2) is 16.1 Å². The zero-order valence-electron chi connectivity index (χ0n) is 8.83. The lowest BCUT2D eigenvalue weighted by Crippen LogP contribution is -1.88. The van der Waals surface area contributed by atoms with Crippen molar-refractivity contribution in [2.75, 3.05) is 0 Å². The lowest BCUT2D eigenvalue weighted by molar-refractivity contribution is -0.384. The number of H-pyrrole nitrogens is 1. The lowest BCUT2D eigenvalue weighted by atomic mass is 10.1. The van der Waals surface area contributed by atoms with E-state index in [1.54, 1.807) is 12.1 Å². The highest BCUT2D eigenvalue weighted by Crippen LogP contribution is 2.21. The van der Waals surface area contributed by atoms with E-state index in [1.807, 2.05) is 12.1 Å². The molecule has 2 aromatic rings. The third-order valence-corrected chi connectivity index (χ3v) is 2.31. The van der Waals surface area contributed by atoms with Gasteiger partial charge in [-0.15, -0.1) is 0 Å². The average molecular weight is 230 g/mol. The minimum Gasteiger partial charge on any atom is -0.354 e. The number of hydrogen-bond donors (Lipinski definition) is 2. The van der Waals surface area contributed by atoms with Crippen LogP contribution < -0.4 is 5.84 Å². The second-order valence-electron chi connectivity index (χ2n) is 3.41. The Morgan fingerprint density at radius 2 is 1.94 bits per heavy atom. The van der Waals surface area contributed by atoms with Crippen LogP contribution in [0.2, 0.25) is 0 Å². The number of nitro benzene ring substituents is 1. The van der Waals surface area contributed by atoms with E-state index in [1.165, 1.54) is 18.3 Å². The molecule has 0 saturated heterocycles. The predicted molar refractivity (Wildman–Crippen MR) is 64.7 cm³/mol. The van der Waals surface area contributed by atoms with E-state index in [0.717, 1.165) is 17.0 Å². The normalized spacial score (nSPS) is 10.8. The van der Waals surface area contributed by atoms with Crippen molar-refractivity contribution in [3.63, 3.8) is 0 Å². The van der Waals surface area contributed by atoms with E-state index in [4.69, 9.17) is 5.84 Å². The summed E-state index contributed by atoms with van der Waals surface area (Å²) in [5.41, 5.74) is 2.58. The molecule has 1 aromatic heterocycles. The number of non-ortho nitro benzene ring substituents is 1. The molecule has 0 fully saturated rings. The average Bonchev–Trinajstić information content (AvgIpc) is 2.78. The van der Waals surface area contributed by atoms with Gasteiger partial charge in [0.15, 0.2) is 0 Å². The number of aromatic amines is 1. The molecule has 3 N–H and O–H groups in total. The minimum absolute atomic E-state index is 0.0732. The van der Waals surface area contributed by atoms with E-state index >= 15 is 0 Å². The zero-order chi connectivity index (χ0) is 12.3. The molecule has 0 aliphatic rings. The van der Waals surface area contributed by atoms with Gasteiger partial charge >= 0.3 is 0 Å². The van der Waals surface area contributed by atoms with Crippen molar-refractivity contribution < 1.29 is 4.92 Å². The fourth-order valence-electron chi connectivity index (χ4n) is 1.50. The predicted octanol–water partition coefficient (Wildman–Crippen LogP) is 1.88. The van der Waals surface area contributed by atoms with Crippen molar-refractivity contribution in [1.82, 2.24) is 4.98 Å². The van der Waals surface area contributed by atoms with Crippen molar-refractivity contribution in [2.24, 2.45) is 10.9 Å². The molecule has 0 spiro atoms. The third kappa shape index (κ3) is 2.31. The van der Waals surface area contributed by atoms with E-state index in [0.29, 0.717) is 0 Å². The van der Waals surface area contributed by atoms with E-state index in [2.05, 4.69) is 10.1 Å². The number of benzene rings is 1. The maximum Gasteiger partial charge on any atom is 0.269 e. The number of aromatic nitrogens is 1. The monoisotopic (exact) mass is 230 g/mol. The number of hydrazone groups is 1. The molecule has 2 rings (SSSR count). The number of nitrogens with one attached hydrogen (secondary N) is 1. The molecule has 1 aromatic carbocycles. The van der Waals surface area contributed by atoms with Crippen molar-refractivity contribution in [3.8, 4) is 11.3 Å². The molecule has 6 nitrogen and oxygen atoms in total. The Hall–Kier alpha value is -2.63. The largest absolute Gasteiger partial charge is 0.354 e. The Morgan fingerprint density at radius 3 is 2.53 bits per heavy atom. The van der Waals surface area contributed by atoms with Crippen LogP contribution in [0.15, 0.2) is 41.5 Å². The fraction of sp³-hybridized carbons (Fsp3) is 0. The fourth-order valence-corrected chi connectivity index (χ4v) is 1.50. The molecular weight excluding hydrogens is 220 g/mol. The highest BCUT2D eigenvalue weighted by Gasteiger charge is 2.06. The summed E-state index contributed by atoms with van der Waals surface area (Å²) in [4.78, 5) is 13.2. The van der Waals surface area contributed by atoms with Gasteiger partial charge in [-0.05, 0) is 29.8 Å². The van der Waals surface area contributed by atoms with E-state index < -0.39 is 4.92 Å². The van der Waals surface area contributed by atoms with Crippen molar-refractivity contribution in [1.29, 1.82) is 0 Å². The molecule has 0 saturated carbocycles. The maximum atomic E-state index is 10.5. The van der Waals surface area contributed by atoms with Gasteiger partial charge in [-0.25, -0.2) is 0 Å². The number of nitrogens with zero attached hydrogens (tertiary/aromatic N) is 2. The van der Waals surface area contributed by atoms with E-state index in [-0.39, 0.29) is 5.69 Å². The zero-order valence-corrected chi connectivity index (χ0v) is 8.83. The Morgan fingerprint density at radius 1 is 1.24 bits per heavy atom. The molecule has 17 heavy (non-hydrogen) atoms. The summed E-state index contributed by atoms with van der Waals surface area (Å²) < 4.78 is 0. The number of nitro groups is 1. The summed E-state index contributed by atoms with van der Waals surface area (Å²) in [5.74, 6) is 5.04. The Balaban J connectivity index is 2.29. The maximum absolute atomic E-state index is 10.5. The highest BCUT2D eigenvalue weighted by atomic mass is 16.6. The molecule has 86 valence electrons. The lowest BCUT2D eigenvalue weighted by Gasteiger charge is -1.97. The summed E-state index contributed by atoms with van der Waals surface area (Å²) in [6, 6.07) is 9.99. The van der Waals surface area contributed by atoms with E-state index in [9.17, 15) is 10.1 Å². The van der Waals surface area contributed by atoms with Gasteiger partial charge < -0.3 is 10.8 Å². The molecule has 6 heteroatoms. The molecule has 0 radical (unpaired) electrons. The van der Waals surface area contributed by atoms with Gasteiger partial charge in [0.25, 0.3) is 5.69 Å². The topological polar surface area (TPSA) is 97.3 Å². The van der Waals surface area contributed by atoms with Gasteiger partial charge in [-0.2, -0.15) is 5.10 Å². The summed E-state index contributed by atoms with van der Waals surface area (Å²) in [5, 5.41) is 13.9. The number of rotatable bonds is 3. The molecule has 0 aliphatic carbocycles. The molecule has 0 bridgehead atoms. The second kappa shape index (κ2) is 4.48. The first-order valence-corrected chi connectivity index (χ1v) is 4.88. The first-order valence-electron chi connectivity index (χ1n) is 4.88. The summed E-state index contributed by atoms with van der Waals surface area (Å²) in [7, 11) is 0. The molecule has 0 atom stereocenters. The SMILES string of the molecule is N/N=C/c1ccc(-c2ccc([N+](=O)[O-])cc2)[nH]1. The highest BCUT2D eigenvalue weighted by molar-refractivity contribution is 5.79. The van der Waals surface area contributed by atoms with Gasteiger partial charge in [0.2, 0.25) is 0 Å². The van der Waals surface area contributed by atoms with Crippen molar-refractivity contribution >= 4 is 11.9 Å². The first kappa shape index (κ1) is 10.9. The molecule has 0 unspecified atom stereocenters. The van der Waals surface area contributed by atoms with Gasteiger partial charge in [0, 0.05) is 17.8 Å². The van der Waals surface area contributed by atoms with Gasteiger partial charge in [0.1, 0.15) is 0 Å². The molecule has 1 heterocycles. The van der Waals surface area contributed by atoms with Gasteiger partial charge in [0.05, 0.1) is 16.8 Å². The number of nitrogens with two attached hydrogens (primary N) is 1. The Labute approximate surface area is 96.9 Å². The van der Waals surface area contributed by atoms with Gasteiger partial charge in [-0.3, -0.25) is 10.1 Å². The second-order valence-corrected chi connectivity index (χ2v) is 3.41. The minimum atomic E-state index is -0.426. The number of hydrogen-bond acceptors (Lipinski definition) is 4. The quantitative estimate of drug-likeness (QED) is 0.364. The Bertz CT molecular complexity index is 557. The standard InChI is InChI=1S/C11H10N4O2/c12-13-7-9-3-6-11(14-9)8-1-4-10(5-2-8)15(16)17/h1-7,14H,12H2/b13-7+. The van der Waals surface area contributed by atoms with Crippen LogP contribution in [0.5, 0.6) is 0 Å². The van der Waals surface area contributed by atoms with Crippen molar-refractivity contribution in [3.05, 3.63) is 52.2 Å². The van der Waals surface area contributed by atoms with Crippen LogP contribution >= 0.6 is 0 Å². The summed E-state index contributed by atoms with van der Waals surface area (Å²) >= 11 is 0. The first-order chi connectivity index (χ1) is 8.20. The molecule has 0 aliphatic heterocycles. The molecular formula is C11H10N4O2. The summed E-state index contributed by atoms with van der Waals surface area (Å²) in [6.07, 6.45) is 1.49. The van der Waals surface area contributed by atoms with Crippen LogP contribution in [0.4, 0.5) is 5.69 Å². The van der Waals surface area contributed by atoms with Crippen LogP contribution in [0.3, 0.4) is 0 Å². The third-order valence-electron chi connectivity index (χ3n) is 2.31. The van der Waals surface area contributed by atoms with Crippen molar-refractivity contribution in [2.45, 2.75) is 0 Å². The smallest absolute Gasteiger partial charge is 0.269 e. The van der Waals surface area contributed by atoms with Crippen LogP contribution in [0.1, 0.15) is 5.69 Å². The van der Waals surface area contributed by atoms with Crippen LogP contribution in [0.25, 0.3) is 11.3 Å². The Kier molecular flexibility index (Phi) is 2.87. The summed E-state index contributed by atoms with van der Waals surface area (Å²) in [6.45, 7) is 0. The van der Waals surface area contributed by atoms with Crippen LogP contribution in [-0.2, 0) is 0 Å².